The standard InChI is InChI=1S/C10H4Cl3NO2/c11-6-1-2-7(12)10(13)9(6)5(4-14)3-8(15)16/h1-3H,(H,15,16). The first kappa shape index (κ1) is 12.9. The van der Waals surface area contributed by atoms with E-state index in [4.69, 9.17) is 45.2 Å². The average Bonchev–Trinajstić information content (AvgIpc) is 2.22. The summed E-state index contributed by atoms with van der Waals surface area (Å²) in [7, 11) is 0. The molecule has 0 radical (unpaired) electrons. The summed E-state index contributed by atoms with van der Waals surface area (Å²) >= 11 is 17.4. The normalized spacial score (nSPS) is 11.0. The number of aliphatic carboxylic acids is 1. The van der Waals surface area contributed by atoms with Crippen LogP contribution in [0, 0.1) is 11.3 Å². The van der Waals surface area contributed by atoms with Crippen molar-refractivity contribution in [3.63, 3.8) is 0 Å². The molecular weight excluding hydrogens is 272 g/mol. The van der Waals surface area contributed by atoms with E-state index in [0.29, 0.717) is 0 Å². The van der Waals surface area contributed by atoms with Crippen LogP contribution < -0.4 is 0 Å². The maximum Gasteiger partial charge on any atom is 0.329 e. The maximum absolute atomic E-state index is 10.5. The fraction of sp³-hybridized carbons (Fsp3) is 0. The predicted molar refractivity (Wildman–Crippen MR) is 62.7 cm³/mol. The summed E-state index contributed by atoms with van der Waals surface area (Å²) in [6.45, 7) is 0. The highest BCUT2D eigenvalue weighted by molar-refractivity contribution is 6.45. The van der Waals surface area contributed by atoms with E-state index in [9.17, 15) is 4.79 Å². The van der Waals surface area contributed by atoms with Crippen LogP contribution in [0.25, 0.3) is 5.57 Å². The number of rotatable bonds is 2. The van der Waals surface area contributed by atoms with Gasteiger partial charge < -0.3 is 5.11 Å². The Labute approximate surface area is 106 Å². The van der Waals surface area contributed by atoms with Gasteiger partial charge in [0.2, 0.25) is 0 Å². The lowest BCUT2D eigenvalue weighted by molar-refractivity contribution is -0.131. The van der Waals surface area contributed by atoms with Gasteiger partial charge in [0.05, 0.1) is 20.6 Å². The summed E-state index contributed by atoms with van der Waals surface area (Å²) in [6, 6.07) is 4.62. The van der Waals surface area contributed by atoms with Crippen molar-refractivity contribution in [3.8, 4) is 6.07 Å². The lowest BCUT2D eigenvalue weighted by Gasteiger charge is -2.06. The van der Waals surface area contributed by atoms with Gasteiger partial charge in [-0.25, -0.2) is 4.79 Å². The Morgan fingerprint density at radius 2 is 1.88 bits per heavy atom. The largest absolute Gasteiger partial charge is 0.478 e. The van der Waals surface area contributed by atoms with Gasteiger partial charge in [-0.1, -0.05) is 34.8 Å². The van der Waals surface area contributed by atoms with E-state index in [1.165, 1.54) is 12.1 Å². The molecule has 0 bridgehead atoms. The minimum absolute atomic E-state index is 0.0585. The number of carboxylic acids is 1. The topological polar surface area (TPSA) is 61.1 Å². The molecule has 0 heterocycles. The van der Waals surface area contributed by atoms with Gasteiger partial charge in [-0.05, 0) is 12.1 Å². The maximum atomic E-state index is 10.5. The van der Waals surface area contributed by atoms with E-state index >= 15 is 0 Å². The highest BCUT2D eigenvalue weighted by Crippen LogP contribution is 2.35. The summed E-state index contributed by atoms with van der Waals surface area (Å²) in [5, 5.41) is 17.8. The van der Waals surface area contributed by atoms with Gasteiger partial charge >= 0.3 is 5.97 Å². The van der Waals surface area contributed by atoms with E-state index < -0.39 is 5.97 Å². The molecule has 0 aliphatic carbocycles. The van der Waals surface area contributed by atoms with Crippen LogP contribution in [-0.2, 0) is 4.79 Å². The summed E-state index contributed by atoms with van der Waals surface area (Å²) in [6.07, 6.45) is 0.726. The third-order valence-electron chi connectivity index (χ3n) is 1.70. The van der Waals surface area contributed by atoms with Gasteiger partial charge in [0.25, 0.3) is 0 Å². The van der Waals surface area contributed by atoms with Crippen LogP contribution in [0.15, 0.2) is 18.2 Å². The average molecular weight is 277 g/mol. The van der Waals surface area contributed by atoms with Crippen LogP contribution in [0.3, 0.4) is 0 Å². The fourth-order valence-electron chi connectivity index (χ4n) is 1.06. The first-order chi connectivity index (χ1) is 7.47. The van der Waals surface area contributed by atoms with Gasteiger partial charge in [-0.3, -0.25) is 0 Å². The highest BCUT2D eigenvalue weighted by atomic mass is 35.5. The van der Waals surface area contributed by atoms with E-state index in [1.807, 2.05) is 0 Å². The number of carboxylic acid groups (broad SMARTS) is 1. The van der Waals surface area contributed by atoms with Gasteiger partial charge in [0.1, 0.15) is 6.07 Å². The van der Waals surface area contributed by atoms with Crippen molar-refractivity contribution in [2.75, 3.05) is 0 Å². The lowest BCUT2D eigenvalue weighted by atomic mass is 10.1. The second-order valence-electron chi connectivity index (χ2n) is 2.73. The highest BCUT2D eigenvalue weighted by Gasteiger charge is 2.14. The molecule has 0 unspecified atom stereocenters. The molecule has 0 fully saturated rings. The Morgan fingerprint density at radius 1 is 1.31 bits per heavy atom. The van der Waals surface area contributed by atoms with Crippen LogP contribution in [-0.4, -0.2) is 11.1 Å². The van der Waals surface area contributed by atoms with Crippen LogP contribution in [0.5, 0.6) is 0 Å². The smallest absolute Gasteiger partial charge is 0.329 e. The Morgan fingerprint density at radius 3 is 2.38 bits per heavy atom. The van der Waals surface area contributed by atoms with Gasteiger partial charge in [-0.15, -0.1) is 0 Å². The van der Waals surface area contributed by atoms with Crippen molar-refractivity contribution in [1.29, 1.82) is 5.26 Å². The molecule has 0 aromatic heterocycles. The summed E-state index contributed by atoms with van der Waals surface area (Å²) < 4.78 is 0. The van der Waals surface area contributed by atoms with Gasteiger partial charge in [-0.2, -0.15) is 5.26 Å². The molecule has 0 aliphatic heterocycles. The van der Waals surface area contributed by atoms with E-state index in [0.717, 1.165) is 6.08 Å². The minimum atomic E-state index is -1.26. The van der Waals surface area contributed by atoms with Gasteiger partial charge in [0, 0.05) is 11.6 Å². The van der Waals surface area contributed by atoms with Crippen LogP contribution in [0.2, 0.25) is 15.1 Å². The molecule has 82 valence electrons. The Bertz CT molecular complexity index is 518. The molecule has 0 saturated heterocycles. The zero-order valence-corrected chi connectivity index (χ0v) is 9.94. The molecular formula is C10H4Cl3NO2. The van der Waals surface area contributed by atoms with Crippen molar-refractivity contribution < 1.29 is 9.90 Å². The molecule has 16 heavy (non-hydrogen) atoms. The number of nitrogens with zero attached hydrogens (tertiary/aromatic N) is 1. The molecule has 1 aromatic rings. The summed E-state index contributed by atoms with van der Waals surface area (Å²) in [5.41, 5.74) is -0.0225. The SMILES string of the molecule is N#CC(=CC(=O)O)c1c(Cl)ccc(Cl)c1Cl. The van der Waals surface area contributed by atoms with Crippen molar-refractivity contribution in [2.45, 2.75) is 0 Å². The third kappa shape index (κ3) is 2.67. The first-order valence-corrected chi connectivity index (χ1v) is 5.09. The van der Waals surface area contributed by atoms with Crippen LogP contribution >= 0.6 is 34.8 Å². The number of allylic oxidation sites excluding steroid dienone is 1. The lowest BCUT2D eigenvalue weighted by Crippen LogP contribution is -1.93. The molecule has 6 heteroatoms. The van der Waals surface area contributed by atoms with E-state index in [-0.39, 0.29) is 26.2 Å². The number of halogens is 3. The van der Waals surface area contributed by atoms with Crippen molar-refractivity contribution in [2.24, 2.45) is 0 Å². The van der Waals surface area contributed by atoms with Crippen LogP contribution in [0.1, 0.15) is 5.56 Å². The minimum Gasteiger partial charge on any atom is -0.478 e. The molecule has 0 spiro atoms. The Hall–Kier alpha value is -1.21. The van der Waals surface area contributed by atoms with Crippen molar-refractivity contribution in [1.82, 2.24) is 0 Å². The summed E-state index contributed by atoms with van der Waals surface area (Å²) in [5.74, 6) is -1.26. The molecule has 1 rings (SSSR count). The third-order valence-corrected chi connectivity index (χ3v) is 2.82. The molecule has 0 amide bonds. The Kier molecular flexibility index (Phi) is 4.19. The van der Waals surface area contributed by atoms with E-state index in [1.54, 1.807) is 6.07 Å². The molecule has 0 aliphatic rings. The van der Waals surface area contributed by atoms with Gasteiger partial charge in [0.15, 0.2) is 0 Å². The van der Waals surface area contributed by atoms with E-state index in [2.05, 4.69) is 0 Å². The molecule has 0 saturated carbocycles. The summed E-state index contributed by atoms with van der Waals surface area (Å²) in [4.78, 5) is 10.5. The second-order valence-corrected chi connectivity index (χ2v) is 3.92. The monoisotopic (exact) mass is 275 g/mol. The molecule has 1 N–H and O–H groups in total. The zero-order valence-electron chi connectivity index (χ0n) is 7.67. The van der Waals surface area contributed by atoms with Crippen molar-refractivity contribution >= 4 is 46.3 Å². The van der Waals surface area contributed by atoms with Crippen LogP contribution in [0.4, 0.5) is 0 Å². The zero-order chi connectivity index (χ0) is 12.3. The number of nitriles is 1. The Balaban J connectivity index is 3.49. The predicted octanol–water partition coefficient (Wildman–Crippen LogP) is 3.64. The number of benzene rings is 1. The fourth-order valence-corrected chi connectivity index (χ4v) is 1.79. The number of hydrogen-bond donors (Lipinski definition) is 1. The number of carbonyl (C=O) groups is 1. The van der Waals surface area contributed by atoms with Crippen molar-refractivity contribution in [3.05, 3.63) is 38.8 Å². The second kappa shape index (κ2) is 5.22. The molecule has 0 atom stereocenters. The quantitative estimate of drug-likeness (QED) is 0.509. The molecule has 1 aromatic carbocycles. The first-order valence-electron chi connectivity index (χ1n) is 3.96. The number of hydrogen-bond acceptors (Lipinski definition) is 2. The molecule has 3 nitrogen and oxygen atoms in total.